The predicted molar refractivity (Wildman–Crippen MR) is 83.5 cm³/mol. The van der Waals surface area contributed by atoms with Crippen LogP contribution in [0.15, 0.2) is 0 Å². The lowest BCUT2D eigenvalue weighted by Crippen LogP contribution is -2.46. The number of rotatable bonds is 6. The largest absolute Gasteiger partial charge is 0.353 e. The summed E-state index contributed by atoms with van der Waals surface area (Å²) in [5, 5.41) is 6.69. The van der Waals surface area contributed by atoms with Crippen LogP contribution in [0.2, 0.25) is 0 Å². The summed E-state index contributed by atoms with van der Waals surface area (Å²) in [6.45, 7) is 12.4. The van der Waals surface area contributed by atoms with Crippen molar-refractivity contribution in [2.75, 3.05) is 6.54 Å². The molecular weight excluding hydrogens is 248 g/mol. The quantitative estimate of drug-likeness (QED) is 0.734. The molecule has 3 atom stereocenters. The van der Waals surface area contributed by atoms with Crippen LogP contribution in [0.3, 0.4) is 0 Å². The van der Waals surface area contributed by atoms with E-state index in [2.05, 4.69) is 45.3 Å². The summed E-state index contributed by atoms with van der Waals surface area (Å²) in [6.07, 6.45) is 5.37. The van der Waals surface area contributed by atoms with E-state index in [1.165, 1.54) is 19.3 Å². The van der Waals surface area contributed by atoms with Gasteiger partial charge in [-0.3, -0.25) is 4.79 Å². The van der Waals surface area contributed by atoms with Crippen molar-refractivity contribution >= 4 is 5.91 Å². The molecule has 0 spiro atoms. The van der Waals surface area contributed by atoms with Gasteiger partial charge in [-0.15, -0.1) is 0 Å². The molecule has 2 saturated carbocycles. The Morgan fingerprint density at radius 2 is 2.00 bits per heavy atom. The lowest BCUT2D eigenvalue weighted by Gasteiger charge is -2.39. The van der Waals surface area contributed by atoms with Crippen LogP contribution in [0.4, 0.5) is 0 Å². The van der Waals surface area contributed by atoms with Gasteiger partial charge >= 0.3 is 0 Å². The zero-order chi connectivity index (χ0) is 15.0. The molecule has 2 bridgehead atoms. The molecule has 0 radical (unpaired) electrons. The van der Waals surface area contributed by atoms with Crippen molar-refractivity contribution in [3.63, 3.8) is 0 Å². The molecule has 0 saturated heterocycles. The van der Waals surface area contributed by atoms with Gasteiger partial charge in [-0.1, -0.05) is 34.6 Å². The highest BCUT2D eigenvalue weighted by molar-refractivity contribution is 5.76. The van der Waals surface area contributed by atoms with Gasteiger partial charge in [0.15, 0.2) is 0 Å². The van der Waals surface area contributed by atoms with Crippen LogP contribution in [-0.2, 0) is 4.79 Å². The first-order valence-electron chi connectivity index (χ1n) is 8.30. The minimum atomic E-state index is 0.241. The van der Waals surface area contributed by atoms with Crippen molar-refractivity contribution < 1.29 is 4.79 Å². The Hall–Kier alpha value is -0.570. The summed E-state index contributed by atoms with van der Waals surface area (Å²) in [4.78, 5) is 12.1. The first kappa shape index (κ1) is 15.8. The predicted octanol–water partition coefficient (Wildman–Crippen LogP) is 3.10. The third-order valence-electron chi connectivity index (χ3n) is 6.26. The molecule has 3 unspecified atom stereocenters. The summed E-state index contributed by atoms with van der Waals surface area (Å²) in [5.41, 5.74) is 0.674. The topological polar surface area (TPSA) is 41.1 Å². The second kappa shape index (κ2) is 5.67. The number of hydrogen-bond donors (Lipinski definition) is 2. The number of nitrogens with one attached hydrogen (secondary N) is 2. The Labute approximate surface area is 124 Å². The number of carbonyl (C=O) groups excluding carboxylic acids is 1. The van der Waals surface area contributed by atoms with Gasteiger partial charge in [0.25, 0.3) is 0 Å². The SMILES string of the molecule is CC(C)NCCCC(=O)NC1CC2CCC1(C)C2(C)C. The van der Waals surface area contributed by atoms with Gasteiger partial charge in [-0.25, -0.2) is 0 Å². The van der Waals surface area contributed by atoms with Gasteiger partial charge in [0.05, 0.1) is 0 Å². The molecule has 1 amide bonds. The van der Waals surface area contributed by atoms with Crippen molar-refractivity contribution in [1.29, 1.82) is 0 Å². The minimum Gasteiger partial charge on any atom is -0.353 e. The third-order valence-corrected chi connectivity index (χ3v) is 6.26. The van der Waals surface area contributed by atoms with E-state index >= 15 is 0 Å². The third kappa shape index (κ3) is 2.74. The molecular formula is C17H32N2O. The maximum atomic E-state index is 12.1. The average Bonchev–Trinajstić information content (AvgIpc) is 2.67. The van der Waals surface area contributed by atoms with Crippen molar-refractivity contribution in [2.24, 2.45) is 16.7 Å². The lowest BCUT2D eigenvalue weighted by atomic mass is 9.69. The van der Waals surface area contributed by atoms with Gasteiger partial charge in [0.2, 0.25) is 5.91 Å². The van der Waals surface area contributed by atoms with Crippen molar-refractivity contribution in [1.82, 2.24) is 10.6 Å². The zero-order valence-corrected chi connectivity index (χ0v) is 13.9. The van der Waals surface area contributed by atoms with Crippen molar-refractivity contribution in [2.45, 2.75) is 78.8 Å². The second-order valence-corrected chi connectivity index (χ2v) is 7.94. The van der Waals surface area contributed by atoms with E-state index in [4.69, 9.17) is 0 Å². The van der Waals surface area contributed by atoms with Crippen LogP contribution >= 0.6 is 0 Å². The number of carbonyl (C=O) groups is 1. The van der Waals surface area contributed by atoms with Crippen LogP contribution in [0.5, 0.6) is 0 Å². The van der Waals surface area contributed by atoms with E-state index in [0.717, 1.165) is 18.9 Å². The van der Waals surface area contributed by atoms with Crippen LogP contribution in [0.1, 0.15) is 66.7 Å². The minimum absolute atomic E-state index is 0.241. The Kier molecular flexibility index (Phi) is 4.48. The Morgan fingerprint density at radius 3 is 2.50 bits per heavy atom. The molecule has 3 nitrogen and oxygen atoms in total. The molecule has 0 heterocycles. The second-order valence-electron chi connectivity index (χ2n) is 7.94. The van der Waals surface area contributed by atoms with Gasteiger partial charge in [-0.05, 0) is 49.0 Å². The van der Waals surface area contributed by atoms with Crippen LogP contribution < -0.4 is 10.6 Å². The van der Waals surface area contributed by atoms with Crippen LogP contribution in [-0.4, -0.2) is 24.5 Å². The fourth-order valence-electron chi connectivity index (χ4n) is 4.33. The molecule has 2 rings (SSSR count). The van der Waals surface area contributed by atoms with Crippen molar-refractivity contribution in [3.8, 4) is 0 Å². The summed E-state index contributed by atoms with van der Waals surface area (Å²) >= 11 is 0. The first-order chi connectivity index (χ1) is 9.27. The molecule has 116 valence electrons. The standard InChI is InChI=1S/C17H32N2O/c1-12(2)18-10-6-7-15(20)19-14-11-13-8-9-17(14,5)16(13,3)4/h12-14,18H,6-11H2,1-5H3,(H,19,20). The monoisotopic (exact) mass is 280 g/mol. The summed E-state index contributed by atoms with van der Waals surface area (Å²) in [7, 11) is 0. The summed E-state index contributed by atoms with van der Waals surface area (Å²) < 4.78 is 0. The molecule has 0 aromatic carbocycles. The lowest BCUT2D eigenvalue weighted by molar-refractivity contribution is -0.122. The summed E-state index contributed by atoms with van der Waals surface area (Å²) in [5.74, 6) is 1.03. The molecule has 20 heavy (non-hydrogen) atoms. The Bertz CT molecular complexity index is 364. The van der Waals surface area contributed by atoms with Crippen molar-refractivity contribution in [3.05, 3.63) is 0 Å². The van der Waals surface area contributed by atoms with Crippen LogP contribution in [0.25, 0.3) is 0 Å². The molecule has 0 aromatic heterocycles. The molecule has 2 aliphatic carbocycles. The molecule has 2 N–H and O–H groups in total. The summed E-state index contributed by atoms with van der Waals surface area (Å²) in [6, 6.07) is 0.894. The van der Waals surface area contributed by atoms with E-state index < -0.39 is 0 Å². The zero-order valence-electron chi connectivity index (χ0n) is 13.9. The van der Waals surface area contributed by atoms with Crippen LogP contribution in [0, 0.1) is 16.7 Å². The first-order valence-corrected chi connectivity index (χ1v) is 8.30. The van der Waals surface area contributed by atoms with E-state index in [1.54, 1.807) is 0 Å². The highest BCUT2D eigenvalue weighted by atomic mass is 16.1. The van der Waals surface area contributed by atoms with E-state index in [9.17, 15) is 4.79 Å². The van der Waals surface area contributed by atoms with Gasteiger partial charge in [0, 0.05) is 18.5 Å². The number of amides is 1. The smallest absolute Gasteiger partial charge is 0.220 e. The van der Waals surface area contributed by atoms with E-state index in [1.807, 2.05) is 0 Å². The molecule has 0 aliphatic heterocycles. The molecule has 0 aromatic rings. The highest BCUT2D eigenvalue weighted by Crippen LogP contribution is 2.65. The Morgan fingerprint density at radius 1 is 1.30 bits per heavy atom. The van der Waals surface area contributed by atoms with Gasteiger partial charge in [0.1, 0.15) is 0 Å². The number of hydrogen-bond acceptors (Lipinski definition) is 2. The average molecular weight is 280 g/mol. The molecule has 2 aliphatic rings. The van der Waals surface area contributed by atoms with E-state index in [-0.39, 0.29) is 5.91 Å². The van der Waals surface area contributed by atoms with E-state index in [0.29, 0.717) is 29.3 Å². The maximum absolute atomic E-state index is 12.1. The highest BCUT2D eigenvalue weighted by Gasteiger charge is 2.61. The fourth-order valence-corrected chi connectivity index (χ4v) is 4.33. The van der Waals surface area contributed by atoms with Gasteiger partial charge < -0.3 is 10.6 Å². The fraction of sp³-hybridized carbons (Fsp3) is 0.941. The molecule has 2 fully saturated rings. The Balaban J connectivity index is 1.79. The normalized spacial score (nSPS) is 34.7. The number of fused-ring (bicyclic) bond motifs is 2. The molecule has 3 heteroatoms. The van der Waals surface area contributed by atoms with Gasteiger partial charge in [-0.2, -0.15) is 0 Å². The maximum Gasteiger partial charge on any atom is 0.220 e.